The highest BCUT2D eigenvalue weighted by Gasteiger charge is 2.32. The van der Waals surface area contributed by atoms with Crippen molar-refractivity contribution in [2.24, 2.45) is 5.92 Å². The van der Waals surface area contributed by atoms with Crippen LogP contribution in [0.3, 0.4) is 0 Å². The van der Waals surface area contributed by atoms with Gasteiger partial charge in [0.15, 0.2) is 0 Å². The van der Waals surface area contributed by atoms with Gasteiger partial charge in [0.05, 0.1) is 24.6 Å². The fourth-order valence-electron chi connectivity index (χ4n) is 4.23. The number of fused-ring (bicyclic) bond motifs is 1. The summed E-state index contributed by atoms with van der Waals surface area (Å²) in [5, 5.41) is 3.78. The third kappa shape index (κ3) is 4.32. The Morgan fingerprint density at radius 2 is 1.97 bits per heavy atom. The van der Waals surface area contributed by atoms with Gasteiger partial charge in [0, 0.05) is 23.9 Å². The molecule has 7 heteroatoms. The van der Waals surface area contributed by atoms with Gasteiger partial charge in [-0.3, -0.25) is 14.5 Å². The summed E-state index contributed by atoms with van der Waals surface area (Å²) in [5.41, 5.74) is 0.911. The molecule has 1 N–H and O–H groups in total. The number of carbonyl (C=O) groups excluding carboxylic acids is 2. The smallest absolute Gasteiger partial charge is 0.261 e. The first-order valence-electron chi connectivity index (χ1n) is 10.4. The van der Waals surface area contributed by atoms with Crippen LogP contribution in [0.2, 0.25) is 0 Å². The summed E-state index contributed by atoms with van der Waals surface area (Å²) in [4.78, 5) is 30.3. The summed E-state index contributed by atoms with van der Waals surface area (Å²) >= 11 is 1.48. The summed E-state index contributed by atoms with van der Waals surface area (Å²) in [5.74, 6) is 0.814. The summed E-state index contributed by atoms with van der Waals surface area (Å²) in [6.45, 7) is 6.34. The maximum Gasteiger partial charge on any atom is 0.261 e. The van der Waals surface area contributed by atoms with Gasteiger partial charge in [0.2, 0.25) is 5.91 Å². The first-order chi connectivity index (χ1) is 14.1. The number of thiophene rings is 1. The van der Waals surface area contributed by atoms with E-state index in [1.54, 1.807) is 7.05 Å². The average molecular weight is 416 g/mol. The van der Waals surface area contributed by atoms with Gasteiger partial charge in [-0.15, -0.1) is 11.3 Å². The normalized spacial score (nSPS) is 21.4. The molecule has 29 heavy (non-hydrogen) atoms. The third-order valence-corrected chi connectivity index (χ3v) is 7.23. The fourth-order valence-corrected chi connectivity index (χ4v) is 5.43. The SMILES string of the molecule is CNC(=O)c1sc2ccccc2c1[C@@H]1CN(C(=O)CN2CCC(C)CC2)CCO1. The molecule has 0 aliphatic carbocycles. The van der Waals surface area contributed by atoms with Crippen LogP contribution in [-0.4, -0.2) is 68.0 Å². The van der Waals surface area contributed by atoms with E-state index >= 15 is 0 Å². The molecule has 3 heterocycles. The lowest BCUT2D eigenvalue weighted by atomic mass is 9.99. The summed E-state index contributed by atoms with van der Waals surface area (Å²) in [7, 11) is 1.65. The summed E-state index contributed by atoms with van der Waals surface area (Å²) < 4.78 is 7.13. The number of nitrogens with zero attached hydrogens (tertiary/aromatic N) is 2. The minimum atomic E-state index is -0.280. The Morgan fingerprint density at radius 1 is 1.21 bits per heavy atom. The van der Waals surface area contributed by atoms with Crippen molar-refractivity contribution < 1.29 is 14.3 Å². The molecule has 2 aliphatic rings. The molecule has 0 unspecified atom stereocenters. The number of amides is 2. The molecule has 6 nitrogen and oxygen atoms in total. The van der Waals surface area contributed by atoms with Gasteiger partial charge >= 0.3 is 0 Å². The number of ether oxygens (including phenoxy) is 1. The molecule has 2 fully saturated rings. The van der Waals surface area contributed by atoms with Crippen molar-refractivity contribution in [2.75, 3.05) is 46.4 Å². The lowest BCUT2D eigenvalue weighted by molar-refractivity contribution is -0.140. The van der Waals surface area contributed by atoms with E-state index in [9.17, 15) is 9.59 Å². The van der Waals surface area contributed by atoms with Crippen molar-refractivity contribution >= 4 is 33.2 Å². The van der Waals surface area contributed by atoms with Gasteiger partial charge in [0.1, 0.15) is 6.10 Å². The second-order valence-electron chi connectivity index (χ2n) is 8.08. The maximum absolute atomic E-state index is 13.0. The van der Waals surface area contributed by atoms with Crippen molar-refractivity contribution in [1.82, 2.24) is 15.1 Å². The minimum absolute atomic E-state index is 0.101. The van der Waals surface area contributed by atoms with Gasteiger partial charge in [-0.25, -0.2) is 0 Å². The van der Waals surface area contributed by atoms with Crippen LogP contribution in [-0.2, 0) is 9.53 Å². The van der Waals surface area contributed by atoms with E-state index in [2.05, 4.69) is 17.1 Å². The quantitative estimate of drug-likeness (QED) is 0.834. The fraction of sp³-hybridized carbons (Fsp3) is 0.545. The topological polar surface area (TPSA) is 61.9 Å². The highest BCUT2D eigenvalue weighted by molar-refractivity contribution is 7.21. The predicted octanol–water partition coefficient (Wildman–Crippen LogP) is 2.89. The number of hydrogen-bond acceptors (Lipinski definition) is 5. The van der Waals surface area contributed by atoms with Gasteiger partial charge in [0.25, 0.3) is 5.91 Å². The van der Waals surface area contributed by atoms with E-state index in [4.69, 9.17) is 4.74 Å². The Morgan fingerprint density at radius 3 is 2.72 bits per heavy atom. The molecular formula is C22H29N3O3S. The number of hydrogen-bond donors (Lipinski definition) is 1. The highest BCUT2D eigenvalue weighted by Crippen LogP contribution is 2.38. The summed E-state index contributed by atoms with van der Waals surface area (Å²) in [6, 6.07) is 8.02. The molecule has 2 aromatic rings. The van der Waals surface area contributed by atoms with Crippen LogP contribution in [0.15, 0.2) is 24.3 Å². The molecule has 2 aliphatic heterocycles. The Kier molecular flexibility index (Phi) is 6.18. The number of benzene rings is 1. The number of carbonyl (C=O) groups is 2. The van der Waals surface area contributed by atoms with Crippen molar-refractivity contribution in [2.45, 2.75) is 25.9 Å². The van der Waals surface area contributed by atoms with E-state index in [1.807, 2.05) is 29.2 Å². The number of likely N-dealkylation sites (tertiary alicyclic amines) is 1. The number of morpholine rings is 1. The largest absolute Gasteiger partial charge is 0.370 e. The molecule has 1 atom stereocenters. The van der Waals surface area contributed by atoms with Crippen molar-refractivity contribution in [1.29, 1.82) is 0 Å². The average Bonchev–Trinajstić information content (AvgIpc) is 3.14. The lowest BCUT2D eigenvalue weighted by Gasteiger charge is -2.36. The van der Waals surface area contributed by atoms with Crippen LogP contribution in [0.25, 0.3) is 10.1 Å². The molecular weight excluding hydrogens is 386 g/mol. The van der Waals surface area contributed by atoms with Gasteiger partial charge in [-0.1, -0.05) is 25.1 Å². The monoisotopic (exact) mass is 415 g/mol. The van der Waals surface area contributed by atoms with Crippen molar-refractivity contribution in [3.63, 3.8) is 0 Å². The number of nitrogens with one attached hydrogen (secondary N) is 1. The molecule has 2 amide bonds. The van der Waals surface area contributed by atoms with Crippen LogP contribution in [0, 0.1) is 5.92 Å². The molecule has 1 aromatic carbocycles. The van der Waals surface area contributed by atoms with E-state index in [1.165, 1.54) is 11.3 Å². The van der Waals surface area contributed by atoms with E-state index in [0.717, 1.165) is 47.5 Å². The van der Waals surface area contributed by atoms with E-state index in [0.29, 0.717) is 31.1 Å². The molecule has 2 saturated heterocycles. The molecule has 0 saturated carbocycles. The van der Waals surface area contributed by atoms with Crippen LogP contribution in [0.1, 0.15) is 41.1 Å². The third-order valence-electron chi connectivity index (χ3n) is 6.04. The lowest BCUT2D eigenvalue weighted by Crippen LogP contribution is -2.48. The summed E-state index contributed by atoms with van der Waals surface area (Å²) in [6.07, 6.45) is 2.04. The van der Waals surface area contributed by atoms with Gasteiger partial charge in [-0.05, 0) is 43.3 Å². The molecule has 156 valence electrons. The molecule has 4 rings (SSSR count). The standard InChI is InChI=1S/C22H29N3O3S/c1-15-7-9-24(10-8-15)14-19(26)25-11-12-28-17(13-25)20-16-5-3-4-6-18(16)29-21(20)22(27)23-2/h3-6,15,17H,7-14H2,1-2H3,(H,23,27)/t17-/m0/s1. The van der Waals surface area contributed by atoms with E-state index in [-0.39, 0.29) is 17.9 Å². The second-order valence-corrected chi connectivity index (χ2v) is 9.13. The Balaban J connectivity index is 1.52. The minimum Gasteiger partial charge on any atom is -0.370 e. The maximum atomic E-state index is 13.0. The molecule has 0 radical (unpaired) electrons. The number of piperidine rings is 1. The highest BCUT2D eigenvalue weighted by atomic mass is 32.1. The van der Waals surface area contributed by atoms with Gasteiger partial charge in [-0.2, -0.15) is 0 Å². The Hall–Kier alpha value is -1.96. The first kappa shape index (κ1) is 20.3. The molecule has 0 bridgehead atoms. The molecule has 0 spiro atoms. The van der Waals surface area contributed by atoms with Crippen LogP contribution < -0.4 is 5.32 Å². The zero-order chi connectivity index (χ0) is 20.4. The van der Waals surface area contributed by atoms with Gasteiger partial charge < -0.3 is 15.0 Å². The second kappa shape index (κ2) is 8.81. The Bertz CT molecular complexity index is 889. The van der Waals surface area contributed by atoms with Crippen LogP contribution in [0.5, 0.6) is 0 Å². The van der Waals surface area contributed by atoms with Crippen molar-refractivity contribution in [3.8, 4) is 0 Å². The van der Waals surface area contributed by atoms with E-state index < -0.39 is 0 Å². The molecule has 1 aromatic heterocycles. The number of rotatable bonds is 4. The predicted molar refractivity (Wildman–Crippen MR) is 115 cm³/mol. The van der Waals surface area contributed by atoms with Crippen LogP contribution >= 0.6 is 11.3 Å². The van der Waals surface area contributed by atoms with Crippen molar-refractivity contribution in [3.05, 3.63) is 34.7 Å². The zero-order valence-electron chi connectivity index (χ0n) is 17.1. The van der Waals surface area contributed by atoms with Crippen LogP contribution in [0.4, 0.5) is 0 Å². The first-order valence-corrected chi connectivity index (χ1v) is 11.2. The Labute approximate surface area is 175 Å². The zero-order valence-corrected chi connectivity index (χ0v) is 18.0.